The Morgan fingerprint density at radius 3 is 2.25 bits per heavy atom. The Morgan fingerprint density at radius 2 is 1.81 bits per heavy atom. The molecule has 1 aliphatic heterocycles. The standard InChI is InChI=1S/C11H12F3NS/c12-11(13,14)9-3-1-8(2-4-9)7-16-10-5-15-6-10/h1-4,10,15H,5-7H2. The zero-order valence-electron chi connectivity index (χ0n) is 8.55. The van der Waals surface area contributed by atoms with E-state index in [-0.39, 0.29) is 0 Å². The highest BCUT2D eigenvalue weighted by Gasteiger charge is 2.29. The number of alkyl halides is 3. The van der Waals surface area contributed by atoms with Crippen LogP contribution in [0.4, 0.5) is 13.2 Å². The van der Waals surface area contributed by atoms with E-state index in [1.807, 2.05) is 0 Å². The Bertz CT molecular complexity index is 343. The maximum Gasteiger partial charge on any atom is 0.416 e. The van der Waals surface area contributed by atoms with Gasteiger partial charge in [-0.1, -0.05) is 12.1 Å². The molecule has 5 heteroatoms. The van der Waals surface area contributed by atoms with Crippen molar-refractivity contribution < 1.29 is 13.2 Å². The third kappa shape index (κ3) is 2.92. The first-order chi connectivity index (χ1) is 7.55. The van der Waals surface area contributed by atoms with Crippen molar-refractivity contribution in [2.75, 3.05) is 13.1 Å². The molecule has 0 unspecified atom stereocenters. The van der Waals surface area contributed by atoms with Gasteiger partial charge in [0, 0.05) is 24.1 Å². The second-order valence-electron chi connectivity index (χ2n) is 3.79. The van der Waals surface area contributed by atoms with E-state index >= 15 is 0 Å². The zero-order chi connectivity index (χ0) is 11.6. The van der Waals surface area contributed by atoms with Crippen LogP contribution in [0.3, 0.4) is 0 Å². The largest absolute Gasteiger partial charge is 0.416 e. The Labute approximate surface area is 96.4 Å². The summed E-state index contributed by atoms with van der Waals surface area (Å²) in [5, 5.41) is 3.77. The fourth-order valence-corrected chi connectivity index (χ4v) is 2.48. The summed E-state index contributed by atoms with van der Waals surface area (Å²) >= 11 is 1.79. The molecule has 1 nitrogen and oxygen atoms in total. The first-order valence-corrected chi connectivity index (χ1v) is 6.09. The molecular weight excluding hydrogens is 235 g/mol. The van der Waals surface area contributed by atoms with Gasteiger partial charge in [0.05, 0.1) is 5.56 Å². The number of nitrogens with one attached hydrogen (secondary N) is 1. The summed E-state index contributed by atoms with van der Waals surface area (Å²) in [5.41, 5.74) is 0.372. The molecule has 2 rings (SSSR count). The summed E-state index contributed by atoms with van der Waals surface area (Å²) in [5.74, 6) is 0.782. The van der Waals surface area contributed by atoms with Gasteiger partial charge >= 0.3 is 6.18 Å². The van der Waals surface area contributed by atoms with Crippen molar-refractivity contribution in [1.82, 2.24) is 5.32 Å². The third-order valence-electron chi connectivity index (χ3n) is 2.51. The van der Waals surface area contributed by atoms with Crippen LogP contribution in [0.1, 0.15) is 11.1 Å². The molecule has 0 spiro atoms. The molecule has 16 heavy (non-hydrogen) atoms. The van der Waals surface area contributed by atoms with Crippen molar-refractivity contribution in [3.63, 3.8) is 0 Å². The van der Waals surface area contributed by atoms with Crippen molar-refractivity contribution in [3.8, 4) is 0 Å². The quantitative estimate of drug-likeness (QED) is 0.881. The van der Waals surface area contributed by atoms with Crippen LogP contribution in [0.2, 0.25) is 0 Å². The molecule has 0 radical (unpaired) electrons. The highest BCUT2D eigenvalue weighted by Crippen LogP contribution is 2.30. The number of benzene rings is 1. The number of thioether (sulfide) groups is 1. The van der Waals surface area contributed by atoms with E-state index in [0.29, 0.717) is 5.25 Å². The molecule has 0 amide bonds. The zero-order valence-corrected chi connectivity index (χ0v) is 9.37. The Morgan fingerprint density at radius 1 is 1.19 bits per heavy atom. The van der Waals surface area contributed by atoms with Gasteiger partial charge < -0.3 is 5.32 Å². The molecular formula is C11H12F3NS. The fraction of sp³-hybridized carbons (Fsp3) is 0.455. The minimum absolute atomic E-state index is 0.577. The Kier molecular flexibility index (Phi) is 3.44. The van der Waals surface area contributed by atoms with Gasteiger partial charge in [0.1, 0.15) is 0 Å². The van der Waals surface area contributed by atoms with Gasteiger partial charge in [0.25, 0.3) is 0 Å². The number of hydrogen-bond acceptors (Lipinski definition) is 2. The summed E-state index contributed by atoms with van der Waals surface area (Å²) in [4.78, 5) is 0. The van der Waals surface area contributed by atoms with Crippen molar-refractivity contribution in [2.24, 2.45) is 0 Å². The van der Waals surface area contributed by atoms with Gasteiger partial charge in [-0.2, -0.15) is 24.9 Å². The van der Waals surface area contributed by atoms with E-state index in [9.17, 15) is 13.2 Å². The molecule has 0 atom stereocenters. The lowest BCUT2D eigenvalue weighted by atomic mass is 10.1. The van der Waals surface area contributed by atoms with Gasteiger partial charge in [0.2, 0.25) is 0 Å². The highest BCUT2D eigenvalue weighted by atomic mass is 32.2. The van der Waals surface area contributed by atoms with Crippen LogP contribution < -0.4 is 5.32 Å². The van der Waals surface area contributed by atoms with Crippen molar-refractivity contribution in [3.05, 3.63) is 35.4 Å². The smallest absolute Gasteiger partial charge is 0.314 e. The number of halogens is 3. The summed E-state index contributed by atoms with van der Waals surface area (Å²) in [7, 11) is 0. The van der Waals surface area contributed by atoms with E-state index in [4.69, 9.17) is 0 Å². The second kappa shape index (κ2) is 4.67. The first-order valence-electron chi connectivity index (χ1n) is 5.04. The summed E-state index contributed by atoms with van der Waals surface area (Å²) < 4.78 is 36.9. The van der Waals surface area contributed by atoms with Crippen LogP contribution in [0.25, 0.3) is 0 Å². The van der Waals surface area contributed by atoms with Gasteiger partial charge in [-0.3, -0.25) is 0 Å². The van der Waals surface area contributed by atoms with Crippen LogP contribution >= 0.6 is 11.8 Å². The predicted molar refractivity (Wildman–Crippen MR) is 59.4 cm³/mol. The topological polar surface area (TPSA) is 12.0 Å². The van der Waals surface area contributed by atoms with Gasteiger partial charge in [0.15, 0.2) is 0 Å². The van der Waals surface area contributed by atoms with Crippen LogP contribution in [0.15, 0.2) is 24.3 Å². The van der Waals surface area contributed by atoms with Gasteiger partial charge in [-0.15, -0.1) is 0 Å². The van der Waals surface area contributed by atoms with E-state index < -0.39 is 11.7 Å². The van der Waals surface area contributed by atoms with E-state index in [1.54, 1.807) is 23.9 Å². The lowest BCUT2D eigenvalue weighted by molar-refractivity contribution is -0.137. The SMILES string of the molecule is FC(F)(F)c1ccc(CSC2CNC2)cc1. The van der Waals surface area contributed by atoms with Crippen molar-refractivity contribution in [2.45, 2.75) is 17.2 Å². The Balaban J connectivity index is 1.91. The average molecular weight is 247 g/mol. The number of hydrogen-bond donors (Lipinski definition) is 1. The molecule has 1 aliphatic rings. The van der Waals surface area contributed by atoms with E-state index in [2.05, 4.69) is 5.32 Å². The van der Waals surface area contributed by atoms with Crippen LogP contribution in [0.5, 0.6) is 0 Å². The van der Waals surface area contributed by atoms with Gasteiger partial charge in [-0.25, -0.2) is 0 Å². The lowest BCUT2D eigenvalue weighted by Crippen LogP contribution is -2.44. The van der Waals surface area contributed by atoms with Crippen LogP contribution in [-0.2, 0) is 11.9 Å². The molecule has 1 aromatic carbocycles. The molecule has 0 saturated carbocycles. The molecule has 1 fully saturated rings. The minimum Gasteiger partial charge on any atom is -0.314 e. The maximum absolute atomic E-state index is 12.3. The molecule has 1 saturated heterocycles. The molecule has 0 bridgehead atoms. The third-order valence-corrected chi connectivity index (χ3v) is 3.82. The molecule has 1 aromatic rings. The molecule has 0 aromatic heterocycles. The second-order valence-corrected chi connectivity index (χ2v) is 5.07. The summed E-state index contributed by atoms with van der Waals surface area (Å²) in [6.07, 6.45) is -4.23. The first kappa shape index (κ1) is 11.8. The molecule has 88 valence electrons. The highest BCUT2D eigenvalue weighted by molar-refractivity contribution is 7.99. The van der Waals surface area contributed by atoms with Crippen LogP contribution in [-0.4, -0.2) is 18.3 Å². The van der Waals surface area contributed by atoms with Crippen molar-refractivity contribution in [1.29, 1.82) is 0 Å². The number of rotatable bonds is 3. The normalized spacial score (nSPS) is 17.2. The fourth-order valence-electron chi connectivity index (χ4n) is 1.38. The predicted octanol–water partition coefficient (Wildman–Crippen LogP) is 2.91. The molecule has 1 heterocycles. The molecule has 0 aliphatic carbocycles. The molecule has 1 N–H and O–H groups in total. The Hall–Kier alpha value is -0.680. The summed E-state index contributed by atoms with van der Waals surface area (Å²) in [6, 6.07) is 5.41. The van der Waals surface area contributed by atoms with Crippen LogP contribution in [0, 0.1) is 0 Å². The minimum atomic E-state index is -4.23. The van der Waals surface area contributed by atoms with E-state index in [0.717, 1.165) is 36.5 Å². The monoisotopic (exact) mass is 247 g/mol. The maximum atomic E-state index is 12.3. The lowest BCUT2D eigenvalue weighted by Gasteiger charge is -2.26. The summed E-state index contributed by atoms with van der Waals surface area (Å²) in [6.45, 7) is 2.01. The van der Waals surface area contributed by atoms with E-state index in [1.165, 1.54) is 0 Å². The van der Waals surface area contributed by atoms with Gasteiger partial charge in [-0.05, 0) is 17.7 Å². The van der Waals surface area contributed by atoms with Crippen molar-refractivity contribution >= 4 is 11.8 Å². The average Bonchev–Trinajstić information content (AvgIpc) is 2.15.